The Kier molecular flexibility index (Phi) is 2.29. The van der Waals surface area contributed by atoms with Crippen LogP contribution in [0.3, 0.4) is 0 Å². The number of nitrogens with two attached hydrogens (primary N) is 1. The van der Waals surface area contributed by atoms with Gasteiger partial charge in [0.1, 0.15) is 11.4 Å². The standard InChI is InChI=1S/C10H12N4O/c1-2-7-10(11)12-13-14(7)8-5-3-4-6-9(8)15/h3-6,15H,2,11H2,1H3. The Morgan fingerprint density at radius 2 is 2.13 bits per heavy atom. The molecule has 1 aromatic heterocycles. The molecule has 2 aromatic rings. The monoisotopic (exact) mass is 204 g/mol. The molecule has 0 radical (unpaired) electrons. The number of phenols is 1. The summed E-state index contributed by atoms with van der Waals surface area (Å²) in [5.41, 5.74) is 7.06. The van der Waals surface area contributed by atoms with Crippen LogP contribution in [0, 0.1) is 0 Å². The van der Waals surface area contributed by atoms with Crippen molar-refractivity contribution in [3.63, 3.8) is 0 Å². The zero-order valence-electron chi connectivity index (χ0n) is 8.38. The Hall–Kier alpha value is -2.04. The Bertz CT molecular complexity index is 478. The summed E-state index contributed by atoms with van der Waals surface area (Å²) in [6, 6.07) is 6.95. The molecule has 3 N–H and O–H groups in total. The van der Waals surface area contributed by atoms with Gasteiger partial charge in [0.2, 0.25) is 0 Å². The number of aromatic hydroxyl groups is 1. The minimum Gasteiger partial charge on any atom is -0.506 e. The second kappa shape index (κ2) is 3.61. The number of nitrogen functional groups attached to an aromatic ring is 1. The van der Waals surface area contributed by atoms with Crippen LogP contribution in [-0.2, 0) is 6.42 Å². The second-order valence-corrected chi connectivity index (χ2v) is 3.18. The number of aromatic nitrogens is 3. The van der Waals surface area contributed by atoms with Gasteiger partial charge in [0, 0.05) is 0 Å². The molecule has 1 heterocycles. The van der Waals surface area contributed by atoms with E-state index in [1.54, 1.807) is 22.9 Å². The molecule has 78 valence electrons. The predicted octanol–water partition coefficient (Wildman–Crippen LogP) is 1.12. The molecule has 0 aliphatic rings. The summed E-state index contributed by atoms with van der Waals surface area (Å²) in [4.78, 5) is 0. The first-order chi connectivity index (χ1) is 7.24. The Balaban J connectivity index is 2.59. The molecule has 0 saturated heterocycles. The number of benzene rings is 1. The Morgan fingerprint density at radius 3 is 2.80 bits per heavy atom. The van der Waals surface area contributed by atoms with Crippen LogP contribution in [0.2, 0.25) is 0 Å². The summed E-state index contributed by atoms with van der Waals surface area (Å²) in [5.74, 6) is 0.567. The molecule has 0 fully saturated rings. The van der Waals surface area contributed by atoms with Crippen molar-refractivity contribution in [2.24, 2.45) is 0 Å². The van der Waals surface area contributed by atoms with Gasteiger partial charge in [0.05, 0.1) is 5.69 Å². The number of phenolic OH excluding ortho intramolecular Hbond substituents is 1. The van der Waals surface area contributed by atoms with Gasteiger partial charge in [-0.1, -0.05) is 24.3 Å². The van der Waals surface area contributed by atoms with Gasteiger partial charge in [-0.05, 0) is 18.6 Å². The van der Waals surface area contributed by atoms with Crippen molar-refractivity contribution in [2.75, 3.05) is 5.73 Å². The summed E-state index contributed by atoms with van der Waals surface area (Å²) < 4.78 is 1.56. The summed E-state index contributed by atoms with van der Waals surface area (Å²) in [6.45, 7) is 1.96. The predicted molar refractivity (Wildman–Crippen MR) is 56.8 cm³/mol. The number of para-hydroxylation sites is 2. The maximum atomic E-state index is 9.66. The molecule has 5 heteroatoms. The molecule has 5 nitrogen and oxygen atoms in total. The van der Waals surface area contributed by atoms with Crippen molar-refractivity contribution in [3.8, 4) is 11.4 Å². The molecule has 0 unspecified atom stereocenters. The number of hydrogen-bond acceptors (Lipinski definition) is 4. The van der Waals surface area contributed by atoms with E-state index in [0.717, 1.165) is 5.69 Å². The molecular weight excluding hydrogens is 192 g/mol. The lowest BCUT2D eigenvalue weighted by molar-refractivity contribution is 0.469. The fourth-order valence-corrected chi connectivity index (χ4v) is 1.48. The minimum atomic E-state index is 0.164. The highest BCUT2D eigenvalue weighted by Crippen LogP contribution is 2.22. The van der Waals surface area contributed by atoms with Gasteiger partial charge < -0.3 is 10.8 Å². The SMILES string of the molecule is CCc1c(N)nnn1-c1ccccc1O. The molecule has 0 amide bonds. The van der Waals surface area contributed by atoms with Crippen LogP contribution < -0.4 is 5.73 Å². The molecule has 0 spiro atoms. The number of rotatable bonds is 2. The van der Waals surface area contributed by atoms with Crippen molar-refractivity contribution in [1.29, 1.82) is 0 Å². The normalized spacial score (nSPS) is 10.5. The highest BCUT2D eigenvalue weighted by molar-refractivity contribution is 5.48. The molecule has 0 aliphatic heterocycles. The largest absolute Gasteiger partial charge is 0.506 e. The van der Waals surface area contributed by atoms with Gasteiger partial charge in [-0.2, -0.15) is 0 Å². The van der Waals surface area contributed by atoms with Crippen molar-refractivity contribution < 1.29 is 5.11 Å². The van der Waals surface area contributed by atoms with E-state index in [-0.39, 0.29) is 5.75 Å². The number of hydrogen-bond donors (Lipinski definition) is 2. The third-order valence-corrected chi connectivity index (χ3v) is 2.24. The lowest BCUT2D eigenvalue weighted by Crippen LogP contribution is -2.02. The van der Waals surface area contributed by atoms with E-state index in [9.17, 15) is 5.11 Å². The molecule has 0 atom stereocenters. The molecule has 0 bridgehead atoms. The molecule has 15 heavy (non-hydrogen) atoms. The Morgan fingerprint density at radius 1 is 1.40 bits per heavy atom. The number of nitrogens with zero attached hydrogens (tertiary/aromatic N) is 3. The molecule has 0 saturated carbocycles. The van der Waals surface area contributed by atoms with E-state index >= 15 is 0 Å². The molecule has 0 aliphatic carbocycles. The second-order valence-electron chi connectivity index (χ2n) is 3.18. The van der Waals surface area contributed by atoms with E-state index < -0.39 is 0 Å². The van der Waals surface area contributed by atoms with Crippen molar-refractivity contribution in [1.82, 2.24) is 15.0 Å². The summed E-state index contributed by atoms with van der Waals surface area (Å²) >= 11 is 0. The van der Waals surface area contributed by atoms with Crippen LogP contribution in [0.1, 0.15) is 12.6 Å². The first-order valence-corrected chi connectivity index (χ1v) is 4.72. The van der Waals surface area contributed by atoms with Gasteiger partial charge in [-0.25, -0.2) is 4.68 Å². The topological polar surface area (TPSA) is 77.0 Å². The smallest absolute Gasteiger partial charge is 0.169 e. The zero-order valence-corrected chi connectivity index (χ0v) is 8.38. The summed E-state index contributed by atoms with van der Waals surface area (Å²) in [5, 5.41) is 17.3. The first-order valence-electron chi connectivity index (χ1n) is 4.72. The average Bonchev–Trinajstić information content (AvgIpc) is 2.60. The lowest BCUT2D eigenvalue weighted by Gasteiger charge is -2.06. The van der Waals surface area contributed by atoms with E-state index in [2.05, 4.69) is 10.3 Å². The maximum absolute atomic E-state index is 9.66. The quantitative estimate of drug-likeness (QED) is 0.768. The van der Waals surface area contributed by atoms with Gasteiger partial charge in [-0.3, -0.25) is 0 Å². The van der Waals surface area contributed by atoms with Crippen molar-refractivity contribution >= 4 is 5.82 Å². The van der Waals surface area contributed by atoms with Crippen LogP contribution in [0.4, 0.5) is 5.82 Å². The van der Waals surface area contributed by atoms with Crippen LogP contribution in [0.25, 0.3) is 5.69 Å². The molecule has 2 rings (SSSR count). The van der Waals surface area contributed by atoms with Gasteiger partial charge in [-0.15, -0.1) is 5.10 Å². The van der Waals surface area contributed by atoms with Gasteiger partial charge in [0.25, 0.3) is 0 Å². The average molecular weight is 204 g/mol. The van der Waals surface area contributed by atoms with Crippen LogP contribution in [0.15, 0.2) is 24.3 Å². The van der Waals surface area contributed by atoms with Crippen LogP contribution >= 0.6 is 0 Å². The van der Waals surface area contributed by atoms with Crippen molar-refractivity contribution in [3.05, 3.63) is 30.0 Å². The third-order valence-electron chi connectivity index (χ3n) is 2.24. The van der Waals surface area contributed by atoms with Crippen LogP contribution in [-0.4, -0.2) is 20.1 Å². The molecular formula is C10H12N4O. The highest BCUT2D eigenvalue weighted by Gasteiger charge is 2.11. The van der Waals surface area contributed by atoms with Gasteiger partial charge >= 0.3 is 0 Å². The van der Waals surface area contributed by atoms with E-state index in [1.165, 1.54) is 0 Å². The Labute approximate surface area is 87.1 Å². The summed E-state index contributed by atoms with van der Waals surface area (Å²) in [6.07, 6.45) is 0.715. The summed E-state index contributed by atoms with van der Waals surface area (Å²) in [7, 11) is 0. The minimum absolute atomic E-state index is 0.164. The zero-order chi connectivity index (χ0) is 10.8. The van der Waals surface area contributed by atoms with Crippen LogP contribution in [0.5, 0.6) is 5.75 Å². The van der Waals surface area contributed by atoms with Gasteiger partial charge in [0.15, 0.2) is 5.82 Å². The first kappa shape index (κ1) is 9.51. The maximum Gasteiger partial charge on any atom is 0.169 e. The highest BCUT2D eigenvalue weighted by atomic mass is 16.3. The van der Waals surface area contributed by atoms with E-state index in [4.69, 9.17) is 5.73 Å². The number of anilines is 1. The van der Waals surface area contributed by atoms with E-state index in [0.29, 0.717) is 17.9 Å². The fraction of sp³-hybridized carbons (Fsp3) is 0.200. The third kappa shape index (κ3) is 1.52. The lowest BCUT2D eigenvalue weighted by atomic mass is 10.2. The van der Waals surface area contributed by atoms with E-state index in [1.807, 2.05) is 13.0 Å². The fourth-order valence-electron chi connectivity index (χ4n) is 1.48. The van der Waals surface area contributed by atoms with Crippen molar-refractivity contribution in [2.45, 2.75) is 13.3 Å². The molecule has 1 aromatic carbocycles.